The number of hydrogen-bond donors (Lipinski definition) is 1. The van der Waals surface area contributed by atoms with Crippen molar-refractivity contribution in [2.45, 2.75) is 19.4 Å². The van der Waals surface area contributed by atoms with Crippen LogP contribution in [0.15, 0.2) is 28.8 Å². The maximum absolute atomic E-state index is 13.4. The van der Waals surface area contributed by atoms with Gasteiger partial charge in [-0.3, -0.25) is 0 Å². The van der Waals surface area contributed by atoms with Crippen LogP contribution >= 0.6 is 28.3 Å². The van der Waals surface area contributed by atoms with Gasteiger partial charge in [0.25, 0.3) is 0 Å². The van der Waals surface area contributed by atoms with Crippen molar-refractivity contribution in [3.05, 3.63) is 46.0 Å². The molecule has 0 aromatic heterocycles. The summed E-state index contributed by atoms with van der Waals surface area (Å²) in [5.41, 5.74) is 6.40. The lowest BCUT2D eigenvalue weighted by atomic mass is 10.0. The van der Waals surface area contributed by atoms with E-state index in [-0.39, 0.29) is 18.0 Å². The van der Waals surface area contributed by atoms with E-state index in [4.69, 9.17) is 5.73 Å². The first-order valence-corrected chi connectivity index (χ1v) is 5.25. The van der Waals surface area contributed by atoms with Gasteiger partial charge in [0, 0.05) is 16.1 Å². The quantitative estimate of drug-likeness (QED) is 0.835. The second kappa shape index (κ2) is 6.33. The van der Waals surface area contributed by atoms with Crippen LogP contribution in [0, 0.1) is 11.6 Å². The summed E-state index contributed by atoms with van der Waals surface area (Å²) < 4.78 is 27.2. The summed E-state index contributed by atoms with van der Waals surface area (Å²) in [6.07, 6.45) is 0.371. The zero-order valence-electron chi connectivity index (χ0n) is 8.77. The van der Waals surface area contributed by atoms with Crippen molar-refractivity contribution in [3.63, 3.8) is 0 Å². The molecule has 0 saturated carbocycles. The minimum absolute atomic E-state index is 0. The van der Waals surface area contributed by atoms with Gasteiger partial charge in [0.1, 0.15) is 11.6 Å². The molecule has 0 fully saturated rings. The minimum Gasteiger partial charge on any atom is -0.324 e. The van der Waals surface area contributed by atoms with E-state index >= 15 is 0 Å². The fourth-order valence-electron chi connectivity index (χ4n) is 1.39. The smallest absolute Gasteiger partial charge is 0.132 e. The highest BCUT2D eigenvalue weighted by atomic mass is 79.9. The van der Waals surface area contributed by atoms with E-state index in [9.17, 15) is 8.78 Å². The number of halogens is 4. The van der Waals surface area contributed by atoms with Crippen LogP contribution in [0.25, 0.3) is 0 Å². The standard InChI is InChI=1S/C11H12BrF2N.ClH/c1-6(2)3-10(15)11-8(13)4-7(12)5-9(11)14;/h4-5,10H,1,3,15H2,2H3;1H/t10-;/m1./s1. The Kier molecular flexibility index (Phi) is 6.15. The van der Waals surface area contributed by atoms with Crippen LogP contribution in [-0.4, -0.2) is 0 Å². The van der Waals surface area contributed by atoms with Crippen molar-refractivity contribution in [2.75, 3.05) is 0 Å². The van der Waals surface area contributed by atoms with E-state index in [1.54, 1.807) is 6.92 Å². The Balaban J connectivity index is 0.00000225. The van der Waals surface area contributed by atoms with E-state index in [0.717, 1.165) is 5.57 Å². The summed E-state index contributed by atoms with van der Waals surface area (Å²) in [5.74, 6) is -1.26. The molecule has 90 valence electrons. The highest BCUT2D eigenvalue weighted by molar-refractivity contribution is 9.10. The molecule has 0 bridgehead atoms. The lowest BCUT2D eigenvalue weighted by molar-refractivity contribution is 0.523. The van der Waals surface area contributed by atoms with Gasteiger partial charge >= 0.3 is 0 Å². The number of rotatable bonds is 3. The van der Waals surface area contributed by atoms with Crippen LogP contribution in [0.4, 0.5) is 8.78 Å². The van der Waals surface area contributed by atoms with E-state index in [2.05, 4.69) is 22.5 Å². The van der Waals surface area contributed by atoms with E-state index in [1.165, 1.54) is 12.1 Å². The van der Waals surface area contributed by atoms with E-state index in [0.29, 0.717) is 10.9 Å². The van der Waals surface area contributed by atoms with Crippen molar-refractivity contribution in [1.82, 2.24) is 0 Å². The molecule has 0 saturated heterocycles. The molecule has 0 heterocycles. The maximum Gasteiger partial charge on any atom is 0.132 e. The highest BCUT2D eigenvalue weighted by Gasteiger charge is 2.17. The average Bonchev–Trinajstić information content (AvgIpc) is 1.99. The normalized spacial score (nSPS) is 11.8. The van der Waals surface area contributed by atoms with Gasteiger partial charge in [0.05, 0.1) is 0 Å². The molecule has 0 amide bonds. The van der Waals surface area contributed by atoms with Crippen LogP contribution in [0.3, 0.4) is 0 Å². The molecule has 0 aliphatic carbocycles. The Hall–Kier alpha value is -0.450. The Morgan fingerprint density at radius 1 is 1.44 bits per heavy atom. The van der Waals surface area contributed by atoms with Crippen molar-refractivity contribution < 1.29 is 8.78 Å². The molecular formula is C11H13BrClF2N. The summed E-state index contributed by atoms with van der Waals surface area (Å²) in [5, 5.41) is 0. The molecule has 1 rings (SSSR count). The minimum atomic E-state index is -0.685. The molecular weight excluding hydrogens is 299 g/mol. The van der Waals surface area contributed by atoms with Gasteiger partial charge in [0.15, 0.2) is 0 Å². The topological polar surface area (TPSA) is 26.0 Å². The van der Waals surface area contributed by atoms with Gasteiger partial charge in [0.2, 0.25) is 0 Å². The largest absolute Gasteiger partial charge is 0.324 e. The third kappa shape index (κ3) is 3.85. The van der Waals surface area contributed by atoms with Crippen LogP contribution in [-0.2, 0) is 0 Å². The predicted molar refractivity (Wildman–Crippen MR) is 67.7 cm³/mol. The fraction of sp³-hybridized carbons (Fsp3) is 0.273. The molecule has 0 radical (unpaired) electrons. The van der Waals surface area contributed by atoms with E-state index in [1.807, 2.05) is 0 Å². The van der Waals surface area contributed by atoms with E-state index < -0.39 is 17.7 Å². The average molecular weight is 313 g/mol. The SMILES string of the molecule is C=C(C)C[C@@H](N)c1c(F)cc(Br)cc1F.Cl. The number of hydrogen-bond acceptors (Lipinski definition) is 1. The summed E-state index contributed by atoms with van der Waals surface area (Å²) in [4.78, 5) is 0. The molecule has 5 heteroatoms. The molecule has 2 N–H and O–H groups in total. The fourth-order valence-corrected chi connectivity index (χ4v) is 1.79. The summed E-state index contributed by atoms with van der Waals surface area (Å²) in [6, 6.07) is 1.73. The maximum atomic E-state index is 13.4. The molecule has 0 unspecified atom stereocenters. The third-order valence-electron chi connectivity index (χ3n) is 1.98. The van der Waals surface area contributed by atoms with Crippen LogP contribution < -0.4 is 5.73 Å². The van der Waals surface area contributed by atoms with Gasteiger partial charge in [-0.2, -0.15) is 0 Å². The highest BCUT2D eigenvalue weighted by Crippen LogP contribution is 2.26. The lowest BCUT2D eigenvalue weighted by Gasteiger charge is -2.14. The van der Waals surface area contributed by atoms with Crippen LogP contribution in [0.2, 0.25) is 0 Å². The Morgan fingerprint density at radius 3 is 2.25 bits per heavy atom. The van der Waals surface area contributed by atoms with Gasteiger partial charge in [-0.1, -0.05) is 21.5 Å². The number of nitrogens with two attached hydrogens (primary N) is 1. The molecule has 0 aliphatic heterocycles. The number of benzene rings is 1. The van der Waals surface area contributed by atoms with Gasteiger partial charge < -0.3 is 5.73 Å². The predicted octanol–water partition coefficient (Wildman–Crippen LogP) is 4.12. The summed E-state index contributed by atoms with van der Waals surface area (Å²) in [7, 11) is 0. The Labute approximate surface area is 108 Å². The molecule has 16 heavy (non-hydrogen) atoms. The van der Waals surface area contributed by atoms with Crippen LogP contribution in [0.5, 0.6) is 0 Å². The molecule has 0 spiro atoms. The zero-order valence-corrected chi connectivity index (χ0v) is 11.2. The summed E-state index contributed by atoms with van der Waals surface area (Å²) >= 11 is 3.01. The van der Waals surface area contributed by atoms with Crippen molar-refractivity contribution in [1.29, 1.82) is 0 Å². The lowest BCUT2D eigenvalue weighted by Crippen LogP contribution is -2.14. The first-order chi connectivity index (χ1) is 6.91. The molecule has 1 aromatic rings. The zero-order chi connectivity index (χ0) is 11.6. The molecule has 1 aromatic carbocycles. The first kappa shape index (κ1) is 15.5. The summed E-state index contributed by atoms with van der Waals surface area (Å²) in [6.45, 7) is 5.44. The van der Waals surface area contributed by atoms with Crippen molar-refractivity contribution in [2.24, 2.45) is 5.73 Å². The second-order valence-electron chi connectivity index (χ2n) is 3.55. The van der Waals surface area contributed by atoms with Crippen LogP contribution in [0.1, 0.15) is 24.9 Å². The van der Waals surface area contributed by atoms with Gasteiger partial charge in [-0.25, -0.2) is 8.78 Å². The third-order valence-corrected chi connectivity index (χ3v) is 2.44. The van der Waals surface area contributed by atoms with Gasteiger partial charge in [-0.05, 0) is 25.5 Å². The first-order valence-electron chi connectivity index (χ1n) is 4.46. The van der Waals surface area contributed by atoms with Crippen molar-refractivity contribution >= 4 is 28.3 Å². The Morgan fingerprint density at radius 2 is 1.88 bits per heavy atom. The molecule has 0 aliphatic rings. The molecule has 1 atom stereocenters. The second-order valence-corrected chi connectivity index (χ2v) is 4.47. The van der Waals surface area contributed by atoms with Crippen molar-refractivity contribution in [3.8, 4) is 0 Å². The monoisotopic (exact) mass is 311 g/mol. The Bertz CT molecular complexity index is 373. The van der Waals surface area contributed by atoms with Gasteiger partial charge in [-0.15, -0.1) is 19.0 Å². The molecule has 1 nitrogen and oxygen atoms in total.